The van der Waals surface area contributed by atoms with Gasteiger partial charge >= 0.3 is 6.03 Å². The summed E-state index contributed by atoms with van der Waals surface area (Å²) >= 11 is 6.18. The molecule has 1 N–H and O–H groups in total. The van der Waals surface area contributed by atoms with Crippen LogP contribution < -0.4 is 10.1 Å². The van der Waals surface area contributed by atoms with Crippen molar-refractivity contribution >= 4 is 17.6 Å². The third kappa shape index (κ3) is 4.47. The molecule has 0 spiro atoms. The molecule has 0 unspecified atom stereocenters. The van der Waals surface area contributed by atoms with Gasteiger partial charge in [-0.3, -0.25) is 4.98 Å². The lowest BCUT2D eigenvalue weighted by molar-refractivity contribution is 0.237. The number of pyridine rings is 1. The van der Waals surface area contributed by atoms with Crippen LogP contribution in [0.25, 0.3) is 22.4 Å². The van der Waals surface area contributed by atoms with Crippen molar-refractivity contribution in [2.24, 2.45) is 0 Å². The Bertz CT molecular complexity index is 1020. The van der Waals surface area contributed by atoms with Crippen LogP contribution in [0.5, 0.6) is 5.75 Å². The molecule has 156 valence electrons. The van der Waals surface area contributed by atoms with Gasteiger partial charge in [-0.25, -0.2) is 4.79 Å². The molecule has 30 heavy (non-hydrogen) atoms. The van der Waals surface area contributed by atoms with E-state index in [4.69, 9.17) is 16.3 Å². The van der Waals surface area contributed by atoms with Crippen LogP contribution in [-0.2, 0) is 0 Å². The van der Waals surface area contributed by atoms with Gasteiger partial charge in [0.1, 0.15) is 11.4 Å². The molecule has 1 fully saturated rings. The maximum atomic E-state index is 12.7. The standard InChI is InChI=1S/C22H24ClN5O2/c1-30-20-14-17(4-5-19(20)23)21-18(16-6-8-24-9-7-16)15-28(26-21)22(29)25-10-13-27-11-2-3-12-27/h4-9,14-15H,2-3,10-13H2,1H3,(H,25,29). The normalized spacial score (nSPS) is 14.1. The highest BCUT2D eigenvalue weighted by Gasteiger charge is 2.18. The number of hydrogen-bond acceptors (Lipinski definition) is 5. The van der Waals surface area contributed by atoms with Crippen molar-refractivity contribution in [2.45, 2.75) is 12.8 Å². The van der Waals surface area contributed by atoms with Gasteiger partial charge in [-0.2, -0.15) is 9.78 Å². The summed E-state index contributed by atoms with van der Waals surface area (Å²) in [5.74, 6) is 0.555. The smallest absolute Gasteiger partial charge is 0.342 e. The summed E-state index contributed by atoms with van der Waals surface area (Å²) in [7, 11) is 1.57. The van der Waals surface area contributed by atoms with Crippen molar-refractivity contribution in [3.05, 3.63) is 53.9 Å². The van der Waals surface area contributed by atoms with E-state index in [9.17, 15) is 4.79 Å². The summed E-state index contributed by atoms with van der Waals surface area (Å²) in [4.78, 5) is 19.2. The minimum absolute atomic E-state index is 0.253. The van der Waals surface area contributed by atoms with E-state index >= 15 is 0 Å². The first-order valence-corrected chi connectivity index (χ1v) is 10.4. The van der Waals surface area contributed by atoms with Crippen molar-refractivity contribution in [3.8, 4) is 28.1 Å². The third-order valence-electron chi connectivity index (χ3n) is 5.24. The van der Waals surface area contributed by atoms with Crippen LogP contribution in [0, 0.1) is 0 Å². The van der Waals surface area contributed by atoms with Gasteiger partial charge in [0.2, 0.25) is 0 Å². The predicted molar refractivity (Wildman–Crippen MR) is 117 cm³/mol. The largest absolute Gasteiger partial charge is 0.495 e. The molecule has 1 aliphatic rings. The number of halogens is 1. The van der Waals surface area contributed by atoms with Crippen LogP contribution >= 0.6 is 11.6 Å². The number of ether oxygens (including phenoxy) is 1. The Labute approximate surface area is 180 Å². The Morgan fingerprint density at radius 1 is 1.17 bits per heavy atom. The number of aromatic nitrogens is 3. The van der Waals surface area contributed by atoms with Crippen molar-refractivity contribution in [2.75, 3.05) is 33.3 Å². The highest BCUT2D eigenvalue weighted by atomic mass is 35.5. The summed E-state index contributed by atoms with van der Waals surface area (Å²) in [6.07, 6.45) is 7.65. The lowest BCUT2D eigenvalue weighted by atomic mass is 10.0. The van der Waals surface area contributed by atoms with Crippen LogP contribution in [0.1, 0.15) is 12.8 Å². The molecule has 1 aromatic carbocycles. The number of rotatable bonds is 6. The zero-order valence-corrected chi connectivity index (χ0v) is 17.6. The molecular weight excluding hydrogens is 402 g/mol. The number of nitrogens with zero attached hydrogens (tertiary/aromatic N) is 4. The predicted octanol–water partition coefficient (Wildman–Crippen LogP) is 3.93. The van der Waals surface area contributed by atoms with Crippen LogP contribution in [0.4, 0.5) is 4.79 Å². The SMILES string of the molecule is COc1cc(-c2nn(C(=O)NCCN3CCCC3)cc2-c2ccncc2)ccc1Cl. The van der Waals surface area contributed by atoms with Gasteiger partial charge in [-0.15, -0.1) is 0 Å². The quantitative estimate of drug-likeness (QED) is 0.647. The topological polar surface area (TPSA) is 72.3 Å². The summed E-state index contributed by atoms with van der Waals surface area (Å²) in [6.45, 7) is 3.65. The van der Waals surface area contributed by atoms with E-state index in [1.54, 1.807) is 31.8 Å². The van der Waals surface area contributed by atoms with Crippen LogP contribution in [0.3, 0.4) is 0 Å². The first-order valence-electron chi connectivity index (χ1n) is 10.0. The molecule has 7 nitrogen and oxygen atoms in total. The molecular formula is C22H24ClN5O2. The average Bonchev–Trinajstić information content (AvgIpc) is 3.45. The average molecular weight is 426 g/mol. The maximum Gasteiger partial charge on any atom is 0.342 e. The zero-order valence-electron chi connectivity index (χ0n) is 16.8. The van der Waals surface area contributed by atoms with Crippen molar-refractivity contribution < 1.29 is 9.53 Å². The number of carbonyl (C=O) groups is 1. The minimum atomic E-state index is -0.253. The van der Waals surface area contributed by atoms with E-state index < -0.39 is 0 Å². The van der Waals surface area contributed by atoms with E-state index in [0.29, 0.717) is 23.0 Å². The fourth-order valence-corrected chi connectivity index (χ4v) is 3.84. The minimum Gasteiger partial charge on any atom is -0.495 e. The first kappa shape index (κ1) is 20.4. The van der Waals surface area contributed by atoms with Gasteiger partial charge < -0.3 is 15.0 Å². The van der Waals surface area contributed by atoms with Crippen molar-refractivity contribution in [1.29, 1.82) is 0 Å². The molecule has 0 radical (unpaired) electrons. The molecule has 1 saturated heterocycles. The maximum absolute atomic E-state index is 12.7. The zero-order chi connectivity index (χ0) is 20.9. The molecule has 3 aromatic rings. The second-order valence-corrected chi connectivity index (χ2v) is 7.61. The second-order valence-electron chi connectivity index (χ2n) is 7.20. The van der Waals surface area contributed by atoms with Gasteiger partial charge in [0.05, 0.1) is 12.1 Å². The number of methoxy groups -OCH3 is 1. The lowest BCUT2D eigenvalue weighted by Gasteiger charge is -2.14. The monoisotopic (exact) mass is 425 g/mol. The highest BCUT2D eigenvalue weighted by Crippen LogP contribution is 2.35. The lowest BCUT2D eigenvalue weighted by Crippen LogP contribution is -2.36. The Morgan fingerprint density at radius 2 is 1.93 bits per heavy atom. The Hall–Kier alpha value is -2.90. The molecule has 4 rings (SSSR count). The number of likely N-dealkylation sites (tertiary alicyclic amines) is 1. The third-order valence-corrected chi connectivity index (χ3v) is 5.55. The Kier molecular flexibility index (Phi) is 6.30. The fourth-order valence-electron chi connectivity index (χ4n) is 3.65. The summed E-state index contributed by atoms with van der Waals surface area (Å²) in [5, 5.41) is 8.07. The number of benzene rings is 1. The molecule has 0 aliphatic carbocycles. The van der Waals surface area contributed by atoms with Gasteiger partial charge in [-0.05, 0) is 55.8 Å². The van der Waals surface area contributed by atoms with Gasteiger partial charge in [0.25, 0.3) is 0 Å². The van der Waals surface area contributed by atoms with Gasteiger partial charge in [-0.1, -0.05) is 17.7 Å². The highest BCUT2D eigenvalue weighted by molar-refractivity contribution is 6.32. The van der Waals surface area contributed by atoms with Gasteiger partial charge in [0.15, 0.2) is 0 Å². The molecule has 3 heterocycles. The van der Waals surface area contributed by atoms with E-state index in [2.05, 4.69) is 20.3 Å². The van der Waals surface area contributed by atoms with E-state index in [0.717, 1.165) is 36.3 Å². The number of carbonyl (C=O) groups excluding carboxylic acids is 1. The Morgan fingerprint density at radius 3 is 2.67 bits per heavy atom. The van der Waals surface area contributed by atoms with E-state index in [1.165, 1.54) is 17.5 Å². The molecule has 1 aliphatic heterocycles. The molecule has 0 atom stereocenters. The molecule has 0 bridgehead atoms. The fraction of sp³-hybridized carbons (Fsp3) is 0.318. The van der Waals surface area contributed by atoms with Crippen molar-refractivity contribution in [1.82, 2.24) is 25.0 Å². The van der Waals surface area contributed by atoms with Gasteiger partial charge in [0, 0.05) is 42.8 Å². The first-order chi connectivity index (χ1) is 14.7. The molecule has 1 amide bonds. The van der Waals surface area contributed by atoms with E-state index in [-0.39, 0.29) is 6.03 Å². The van der Waals surface area contributed by atoms with Crippen LogP contribution in [0.2, 0.25) is 5.02 Å². The summed E-state index contributed by atoms with van der Waals surface area (Å²) < 4.78 is 6.71. The summed E-state index contributed by atoms with van der Waals surface area (Å²) in [6, 6.07) is 8.99. The van der Waals surface area contributed by atoms with Crippen molar-refractivity contribution in [3.63, 3.8) is 0 Å². The van der Waals surface area contributed by atoms with Crippen LogP contribution in [0.15, 0.2) is 48.9 Å². The number of nitrogens with one attached hydrogen (secondary N) is 1. The molecule has 0 saturated carbocycles. The van der Waals surface area contributed by atoms with Crippen LogP contribution in [-0.4, -0.2) is 59.0 Å². The molecule has 8 heteroatoms. The number of hydrogen-bond donors (Lipinski definition) is 1. The number of amides is 1. The second kappa shape index (κ2) is 9.28. The molecule has 2 aromatic heterocycles. The summed E-state index contributed by atoms with van der Waals surface area (Å²) in [5.41, 5.74) is 3.24. The van der Waals surface area contributed by atoms with E-state index in [1.807, 2.05) is 24.3 Å². The Balaban J connectivity index is 1.61.